The number of hydrogen-bond donors (Lipinski definition) is 0. The zero-order chi connectivity index (χ0) is 20.8. The van der Waals surface area contributed by atoms with Crippen molar-refractivity contribution in [3.8, 4) is 11.1 Å². The summed E-state index contributed by atoms with van der Waals surface area (Å²) in [5.41, 5.74) is 5.49. The average molecular weight is 571 g/mol. The topological polar surface area (TPSA) is 0 Å². The standard InChI is InChI=1S/C15H9F2.C9H13.2CH3.2ClH.Si.Zr/c16-11-6-8-14(15(17)9-11)13-7-5-10-3-1-2-4-12(10)13;1-6-5-7(2)9(4)8(6)3;;;;;;/h1-9H;6H,1-4H3;2*1H3;2*1H;;/q4*-1;;;;. The average Bonchev–Trinajstić information content (AvgIpc) is 3.21. The fraction of sp³-hybridized carbons (Fsp3) is 0.192. The van der Waals surface area contributed by atoms with Crippen molar-refractivity contribution in [1.82, 2.24) is 0 Å². The molecule has 1 atom stereocenters. The van der Waals surface area contributed by atoms with Crippen molar-refractivity contribution in [2.24, 2.45) is 5.92 Å². The molecule has 1 unspecified atom stereocenters. The number of benzene rings is 2. The molecule has 0 spiro atoms. The van der Waals surface area contributed by atoms with Gasteiger partial charge in [-0.1, -0.05) is 38.8 Å². The molecule has 0 fully saturated rings. The summed E-state index contributed by atoms with van der Waals surface area (Å²) >= 11 is 1.36. The fourth-order valence-corrected chi connectivity index (χ4v) is 3.26. The molecule has 0 saturated carbocycles. The Labute approximate surface area is 222 Å². The van der Waals surface area contributed by atoms with Gasteiger partial charge in [-0.25, -0.2) is 14.4 Å². The van der Waals surface area contributed by atoms with Crippen LogP contribution in [0.5, 0.6) is 0 Å². The molecule has 174 valence electrons. The number of rotatable bonds is 1. The van der Waals surface area contributed by atoms with Crippen molar-refractivity contribution in [3.05, 3.63) is 104 Å². The van der Waals surface area contributed by atoms with E-state index in [0.29, 0.717) is 11.5 Å². The summed E-state index contributed by atoms with van der Waals surface area (Å²) in [5, 5.41) is 2.05. The third-order valence-electron chi connectivity index (χ3n) is 5.14. The fourth-order valence-electron chi connectivity index (χ4n) is 3.26. The molecule has 0 saturated heterocycles. The van der Waals surface area contributed by atoms with Gasteiger partial charge in [0.1, 0.15) is 11.6 Å². The molecule has 0 nitrogen and oxygen atoms in total. The van der Waals surface area contributed by atoms with Gasteiger partial charge >= 0.3 is 30.2 Å². The predicted octanol–water partition coefficient (Wildman–Crippen LogP) is 8.59. The predicted molar refractivity (Wildman–Crippen MR) is 138 cm³/mol. The monoisotopic (exact) mass is 568 g/mol. The van der Waals surface area contributed by atoms with E-state index in [2.05, 4.69) is 40.7 Å². The molecule has 3 aromatic carbocycles. The summed E-state index contributed by atoms with van der Waals surface area (Å²) in [4.78, 5) is 0. The third kappa shape index (κ3) is 8.45. The van der Waals surface area contributed by atoms with E-state index in [1.54, 1.807) is 0 Å². The summed E-state index contributed by atoms with van der Waals surface area (Å²) in [6, 6.07) is 15.2. The van der Waals surface area contributed by atoms with E-state index >= 15 is 0 Å². The first-order valence-corrected chi connectivity index (χ1v) is 13.2. The summed E-state index contributed by atoms with van der Waals surface area (Å²) in [7, 11) is 0. The zero-order valence-corrected chi connectivity index (χ0v) is 24.4. The maximum absolute atomic E-state index is 13.7. The molecular formula is C26H30Cl2F2SiZr-4. The van der Waals surface area contributed by atoms with Gasteiger partial charge in [0.15, 0.2) is 0 Å². The molecule has 2 radical (unpaired) electrons. The molecule has 32 heavy (non-hydrogen) atoms. The molecule has 1 aliphatic rings. The first-order chi connectivity index (χ1) is 13.4. The quantitative estimate of drug-likeness (QED) is 0.203. The normalized spacial score (nSPS) is 13.5. The molecule has 0 bridgehead atoms. The summed E-state index contributed by atoms with van der Waals surface area (Å²) in [6.07, 6.45) is 3.36. The Morgan fingerprint density at radius 2 is 1.53 bits per heavy atom. The van der Waals surface area contributed by atoms with Crippen molar-refractivity contribution in [3.63, 3.8) is 0 Å². The Morgan fingerprint density at radius 1 is 0.938 bits per heavy atom. The van der Waals surface area contributed by atoms with E-state index in [0.717, 1.165) is 22.4 Å². The van der Waals surface area contributed by atoms with Gasteiger partial charge < -0.3 is 14.9 Å². The number of hydrogen-bond acceptors (Lipinski definition) is 0. The van der Waals surface area contributed by atoms with Crippen LogP contribution in [-0.4, -0.2) is 6.88 Å². The van der Waals surface area contributed by atoms with E-state index in [4.69, 9.17) is 0 Å². The van der Waals surface area contributed by atoms with E-state index in [9.17, 15) is 8.78 Å². The molecular weight excluding hydrogens is 540 g/mol. The third-order valence-corrected chi connectivity index (χ3v) is 5.14. The van der Waals surface area contributed by atoms with E-state index in [-0.39, 0.29) is 39.7 Å². The van der Waals surface area contributed by atoms with Gasteiger partial charge in [-0.3, -0.25) is 6.08 Å². The van der Waals surface area contributed by atoms with Gasteiger partial charge in [0.25, 0.3) is 0 Å². The van der Waals surface area contributed by atoms with Crippen molar-refractivity contribution < 1.29 is 32.1 Å². The first-order valence-electron chi connectivity index (χ1n) is 9.01. The second-order valence-corrected chi connectivity index (χ2v) is 6.76. The molecule has 6 heteroatoms. The van der Waals surface area contributed by atoms with E-state index in [1.165, 1.54) is 52.2 Å². The minimum atomic E-state index is -0.554. The second kappa shape index (κ2) is 16.6. The van der Waals surface area contributed by atoms with Crippen molar-refractivity contribution in [2.45, 2.75) is 27.7 Å². The molecule has 0 aromatic heterocycles. The Balaban J connectivity index is -0.000000490. The molecule has 0 heterocycles. The van der Waals surface area contributed by atoms with Crippen LogP contribution in [0.25, 0.3) is 21.9 Å². The van der Waals surface area contributed by atoms with Crippen LogP contribution >= 0.6 is 24.8 Å². The van der Waals surface area contributed by atoms with Crippen LogP contribution in [0.1, 0.15) is 27.7 Å². The van der Waals surface area contributed by atoms with Gasteiger partial charge in [-0.05, 0) is 11.6 Å². The molecule has 3 aromatic rings. The van der Waals surface area contributed by atoms with Crippen LogP contribution in [0.2, 0.25) is 0 Å². The van der Waals surface area contributed by atoms with Crippen LogP contribution in [0.3, 0.4) is 0 Å². The van der Waals surface area contributed by atoms with Gasteiger partial charge in [-0.15, -0.1) is 78.4 Å². The Bertz CT molecular complexity index is 1040. The number of allylic oxidation sites excluding steroid dienone is 4. The Hall–Kier alpha value is -0.930. The van der Waals surface area contributed by atoms with Crippen LogP contribution in [0, 0.1) is 38.5 Å². The SMILES string of the molecule is CC1=[C-]C(C)C(C)=C1C.Cl.Cl.Fc1ccc(-c2c[cH-]c3ccccc23)c(F)c1.[CH3-].[CH3-].[Si]=[Zr]. The number of halogens is 4. The first kappa shape index (κ1) is 35.7. The van der Waals surface area contributed by atoms with E-state index < -0.39 is 11.6 Å². The molecule has 0 amide bonds. The Morgan fingerprint density at radius 3 is 2.00 bits per heavy atom. The van der Waals surface area contributed by atoms with Crippen LogP contribution in [0.15, 0.2) is 71.3 Å². The van der Waals surface area contributed by atoms with Crippen molar-refractivity contribution >= 4 is 42.5 Å². The molecule has 0 aliphatic heterocycles. The maximum atomic E-state index is 13.7. The number of fused-ring (bicyclic) bond motifs is 1. The summed E-state index contributed by atoms with van der Waals surface area (Å²) in [6.45, 7) is 11.7. The minimum absolute atomic E-state index is 0. The Kier molecular flexibility index (Phi) is 18.5. The van der Waals surface area contributed by atoms with Gasteiger partial charge in [0.2, 0.25) is 0 Å². The molecule has 1 aliphatic carbocycles. The van der Waals surface area contributed by atoms with E-state index in [1.807, 2.05) is 36.4 Å². The van der Waals surface area contributed by atoms with Crippen LogP contribution < -0.4 is 0 Å². The summed E-state index contributed by atoms with van der Waals surface area (Å²) in [5.74, 6) is -0.520. The van der Waals surface area contributed by atoms with Gasteiger partial charge in [0, 0.05) is 6.07 Å². The second-order valence-electron chi connectivity index (χ2n) is 6.76. The van der Waals surface area contributed by atoms with Crippen LogP contribution in [-0.2, 0) is 23.3 Å². The van der Waals surface area contributed by atoms with Crippen LogP contribution in [0.4, 0.5) is 8.78 Å². The zero-order valence-electron chi connectivity index (χ0n) is 19.3. The molecule has 0 N–H and O–H groups in total. The molecule has 4 rings (SSSR count). The van der Waals surface area contributed by atoms with Crippen molar-refractivity contribution in [2.75, 3.05) is 0 Å². The van der Waals surface area contributed by atoms with Gasteiger partial charge in [0.05, 0.1) is 0 Å². The summed E-state index contributed by atoms with van der Waals surface area (Å²) < 4.78 is 26.6. The van der Waals surface area contributed by atoms with Crippen molar-refractivity contribution in [1.29, 1.82) is 0 Å². The van der Waals surface area contributed by atoms with Gasteiger partial charge in [-0.2, -0.15) is 11.1 Å².